The monoisotopic (exact) mass is 453 g/mol. The lowest BCUT2D eigenvalue weighted by atomic mass is 10.2. The molecule has 3 aromatic heterocycles. The molecule has 0 aromatic carbocycles. The van der Waals surface area contributed by atoms with Crippen molar-refractivity contribution in [3.8, 4) is 0 Å². The third-order valence-electron chi connectivity index (χ3n) is 4.71. The van der Waals surface area contributed by atoms with Crippen LogP contribution in [0.15, 0.2) is 41.8 Å². The predicted octanol–water partition coefficient (Wildman–Crippen LogP) is 2.40. The number of anilines is 1. The van der Waals surface area contributed by atoms with E-state index < -0.39 is 9.84 Å². The fourth-order valence-electron chi connectivity index (χ4n) is 3.34. The van der Waals surface area contributed by atoms with Crippen LogP contribution >= 0.6 is 23.2 Å². The number of fused-ring (bicyclic) bond motifs is 1. The van der Waals surface area contributed by atoms with E-state index >= 15 is 0 Å². The average molecular weight is 454 g/mol. The van der Waals surface area contributed by atoms with Crippen molar-refractivity contribution in [3.05, 3.63) is 52.4 Å². The molecule has 1 aliphatic heterocycles. The van der Waals surface area contributed by atoms with Crippen molar-refractivity contribution in [2.75, 3.05) is 37.3 Å². The minimum absolute atomic E-state index is 0.127. The quantitative estimate of drug-likeness (QED) is 0.604. The molecule has 0 atom stereocenters. The number of piperazine rings is 1. The Hall–Kier alpha value is -2.36. The van der Waals surface area contributed by atoms with Crippen molar-refractivity contribution in [2.24, 2.45) is 0 Å². The van der Waals surface area contributed by atoms with Gasteiger partial charge in [-0.1, -0.05) is 29.3 Å². The molecule has 29 heavy (non-hydrogen) atoms. The van der Waals surface area contributed by atoms with Gasteiger partial charge in [-0.2, -0.15) is 0 Å². The average Bonchev–Trinajstić information content (AvgIpc) is 3.08. The standard InChI is InChI=1S/C18H17Cl2N5O3S/c1-29(27,28)18-22-15(14-4-2-3-5-25(14)18)17(26)24-8-6-23(7-9-24)16-13(20)10-12(19)11-21-16/h2-5,10-11H,6-9H2,1H3. The number of amides is 1. The van der Waals surface area contributed by atoms with Gasteiger partial charge in [0.1, 0.15) is 5.82 Å². The number of nitrogens with zero attached hydrogens (tertiary/aromatic N) is 5. The molecule has 1 amide bonds. The van der Waals surface area contributed by atoms with Gasteiger partial charge in [0.05, 0.1) is 15.6 Å². The van der Waals surface area contributed by atoms with E-state index in [4.69, 9.17) is 23.2 Å². The van der Waals surface area contributed by atoms with Crippen LogP contribution in [0.25, 0.3) is 5.52 Å². The third kappa shape index (κ3) is 3.77. The van der Waals surface area contributed by atoms with Gasteiger partial charge in [0.25, 0.3) is 5.91 Å². The number of pyridine rings is 2. The third-order valence-corrected chi connectivity index (χ3v) is 6.14. The second-order valence-corrected chi connectivity index (χ2v) is 9.46. The Balaban J connectivity index is 1.58. The molecule has 0 saturated carbocycles. The second-order valence-electron chi connectivity index (χ2n) is 6.71. The zero-order valence-electron chi connectivity index (χ0n) is 15.4. The number of carbonyl (C=O) groups excluding carboxylic acids is 1. The van der Waals surface area contributed by atoms with Crippen LogP contribution in [0.5, 0.6) is 0 Å². The van der Waals surface area contributed by atoms with Gasteiger partial charge in [-0.05, 0) is 18.2 Å². The molecule has 4 heterocycles. The summed E-state index contributed by atoms with van der Waals surface area (Å²) in [5, 5.41) is 0.767. The Labute approximate surface area is 177 Å². The van der Waals surface area contributed by atoms with Gasteiger partial charge in [-0.3, -0.25) is 9.20 Å². The topological polar surface area (TPSA) is 87.9 Å². The summed E-state index contributed by atoms with van der Waals surface area (Å²) >= 11 is 12.1. The molecule has 11 heteroatoms. The summed E-state index contributed by atoms with van der Waals surface area (Å²) in [6.07, 6.45) is 4.19. The van der Waals surface area contributed by atoms with Crippen LogP contribution in [0.2, 0.25) is 10.0 Å². The van der Waals surface area contributed by atoms with Gasteiger partial charge in [0.2, 0.25) is 15.0 Å². The van der Waals surface area contributed by atoms with Crippen molar-refractivity contribution < 1.29 is 13.2 Å². The van der Waals surface area contributed by atoms with Gasteiger partial charge in [0.15, 0.2) is 5.69 Å². The molecule has 3 aromatic rings. The first-order valence-corrected chi connectivity index (χ1v) is 11.4. The van der Waals surface area contributed by atoms with Crippen LogP contribution in [-0.2, 0) is 9.84 Å². The molecule has 4 rings (SSSR count). The summed E-state index contributed by atoms with van der Waals surface area (Å²) in [6.45, 7) is 1.93. The number of halogens is 2. The summed E-state index contributed by atoms with van der Waals surface area (Å²) in [5.74, 6) is 0.313. The van der Waals surface area contributed by atoms with E-state index in [1.807, 2.05) is 4.90 Å². The molecule has 1 fully saturated rings. The van der Waals surface area contributed by atoms with Crippen LogP contribution < -0.4 is 4.90 Å². The lowest BCUT2D eigenvalue weighted by molar-refractivity contribution is 0.0743. The van der Waals surface area contributed by atoms with Crippen LogP contribution in [0.4, 0.5) is 5.82 Å². The normalized spacial score (nSPS) is 15.1. The van der Waals surface area contributed by atoms with E-state index in [9.17, 15) is 13.2 Å². The maximum atomic E-state index is 13.1. The number of aromatic nitrogens is 3. The maximum absolute atomic E-state index is 13.1. The Morgan fingerprint density at radius 3 is 2.52 bits per heavy atom. The van der Waals surface area contributed by atoms with E-state index in [1.165, 1.54) is 10.6 Å². The number of hydrogen-bond donors (Lipinski definition) is 0. The number of sulfone groups is 1. The molecule has 0 unspecified atom stereocenters. The van der Waals surface area contributed by atoms with Crippen LogP contribution in [0.1, 0.15) is 10.5 Å². The van der Waals surface area contributed by atoms with Gasteiger partial charge < -0.3 is 9.80 Å². The van der Waals surface area contributed by atoms with Gasteiger partial charge >= 0.3 is 0 Å². The highest BCUT2D eigenvalue weighted by atomic mass is 35.5. The Kier molecular flexibility index (Phi) is 5.14. The number of rotatable bonds is 3. The van der Waals surface area contributed by atoms with Gasteiger partial charge in [0, 0.05) is 44.8 Å². The first-order chi connectivity index (χ1) is 13.8. The number of hydrogen-bond acceptors (Lipinski definition) is 6. The van der Waals surface area contributed by atoms with Gasteiger partial charge in [-0.15, -0.1) is 0 Å². The molecule has 0 aliphatic carbocycles. The Bertz CT molecular complexity index is 1200. The highest BCUT2D eigenvalue weighted by molar-refractivity contribution is 7.90. The van der Waals surface area contributed by atoms with E-state index in [0.717, 1.165) is 6.26 Å². The van der Waals surface area contributed by atoms with E-state index in [-0.39, 0.29) is 16.8 Å². The molecule has 0 spiro atoms. The van der Waals surface area contributed by atoms with Crippen molar-refractivity contribution in [3.63, 3.8) is 0 Å². The summed E-state index contributed by atoms with van der Waals surface area (Å²) in [6, 6.07) is 6.75. The fraction of sp³-hybridized carbons (Fsp3) is 0.278. The molecular weight excluding hydrogens is 437 g/mol. The van der Waals surface area contributed by atoms with Gasteiger partial charge in [-0.25, -0.2) is 18.4 Å². The highest BCUT2D eigenvalue weighted by Gasteiger charge is 2.29. The van der Waals surface area contributed by atoms with E-state index in [2.05, 4.69) is 9.97 Å². The van der Waals surface area contributed by atoms with E-state index in [0.29, 0.717) is 47.6 Å². The predicted molar refractivity (Wildman–Crippen MR) is 111 cm³/mol. The summed E-state index contributed by atoms with van der Waals surface area (Å²) in [4.78, 5) is 25.2. The minimum Gasteiger partial charge on any atom is -0.352 e. The lowest BCUT2D eigenvalue weighted by Gasteiger charge is -2.35. The zero-order chi connectivity index (χ0) is 20.8. The number of imidazole rings is 1. The van der Waals surface area contributed by atoms with E-state index in [1.54, 1.807) is 35.4 Å². The van der Waals surface area contributed by atoms with Crippen molar-refractivity contribution >= 4 is 50.3 Å². The molecule has 0 radical (unpaired) electrons. The Morgan fingerprint density at radius 1 is 1.14 bits per heavy atom. The maximum Gasteiger partial charge on any atom is 0.274 e. The van der Waals surface area contributed by atoms with Crippen molar-refractivity contribution in [2.45, 2.75) is 5.16 Å². The van der Waals surface area contributed by atoms with Crippen molar-refractivity contribution in [1.29, 1.82) is 0 Å². The second kappa shape index (κ2) is 7.47. The summed E-state index contributed by atoms with van der Waals surface area (Å²) in [5.41, 5.74) is 0.588. The first-order valence-electron chi connectivity index (χ1n) is 8.78. The molecular formula is C18H17Cl2N5O3S. The molecule has 0 N–H and O–H groups in total. The molecule has 1 aliphatic rings. The summed E-state index contributed by atoms with van der Waals surface area (Å²) in [7, 11) is -3.59. The molecule has 0 bridgehead atoms. The Morgan fingerprint density at radius 2 is 1.86 bits per heavy atom. The molecule has 1 saturated heterocycles. The molecule has 8 nitrogen and oxygen atoms in total. The molecule has 152 valence electrons. The fourth-order valence-corrected chi connectivity index (χ4v) is 4.61. The van der Waals surface area contributed by atoms with Crippen molar-refractivity contribution in [1.82, 2.24) is 19.3 Å². The summed E-state index contributed by atoms with van der Waals surface area (Å²) < 4.78 is 25.6. The lowest BCUT2D eigenvalue weighted by Crippen LogP contribution is -2.49. The number of carbonyl (C=O) groups is 1. The van der Waals surface area contributed by atoms with Crippen LogP contribution in [0, 0.1) is 0 Å². The smallest absolute Gasteiger partial charge is 0.274 e. The highest BCUT2D eigenvalue weighted by Crippen LogP contribution is 2.27. The zero-order valence-corrected chi connectivity index (χ0v) is 17.7. The first kappa shape index (κ1) is 19.9. The van der Waals surface area contributed by atoms with Crippen LogP contribution in [0.3, 0.4) is 0 Å². The minimum atomic E-state index is -3.59. The van der Waals surface area contributed by atoms with Crippen LogP contribution in [-0.4, -0.2) is 66.0 Å². The largest absolute Gasteiger partial charge is 0.352 e. The SMILES string of the molecule is CS(=O)(=O)c1nc(C(=O)N2CCN(c3ncc(Cl)cc3Cl)CC2)c2ccccn12.